The highest BCUT2D eigenvalue weighted by atomic mass is 16.6. The van der Waals surface area contributed by atoms with Gasteiger partial charge in [0.15, 0.2) is 12.4 Å². The SMILES string of the molecule is CCCCc1ccc[n+](-c2ccc([N+](=O)[O-])cc2[N+](=O)[O-])c1. The van der Waals surface area contributed by atoms with Crippen molar-refractivity contribution in [1.82, 2.24) is 0 Å². The predicted molar refractivity (Wildman–Crippen MR) is 79.9 cm³/mol. The monoisotopic (exact) mass is 302 g/mol. The Balaban J connectivity index is 2.47. The fraction of sp³-hybridized carbons (Fsp3) is 0.267. The van der Waals surface area contributed by atoms with Crippen molar-refractivity contribution in [2.45, 2.75) is 26.2 Å². The van der Waals surface area contributed by atoms with Crippen LogP contribution in [0.2, 0.25) is 0 Å². The highest BCUT2D eigenvalue weighted by Crippen LogP contribution is 2.24. The van der Waals surface area contributed by atoms with Crippen LogP contribution in [0.5, 0.6) is 0 Å². The normalized spacial score (nSPS) is 10.4. The van der Waals surface area contributed by atoms with Gasteiger partial charge in [0.2, 0.25) is 0 Å². The Morgan fingerprint density at radius 2 is 1.91 bits per heavy atom. The summed E-state index contributed by atoms with van der Waals surface area (Å²) in [7, 11) is 0. The molecule has 0 bridgehead atoms. The van der Waals surface area contributed by atoms with E-state index in [0.29, 0.717) is 5.69 Å². The average molecular weight is 302 g/mol. The van der Waals surface area contributed by atoms with Gasteiger partial charge in [-0.25, -0.2) is 0 Å². The summed E-state index contributed by atoms with van der Waals surface area (Å²) in [5, 5.41) is 22.0. The van der Waals surface area contributed by atoms with Gasteiger partial charge in [-0.05, 0) is 18.9 Å². The maximum atomic E-state index is 11.2. The van der Waals surface area contributed by atoms with E-state index in [4.69, 9.17) is 0 Å². The van der Waals surface area contributed by atoms with E-state index in [1.54, 1.807) is 10.8 Å². The van der Waals surface area contributed by atoms with Gasteiger partial charge in [0, 0.05) is 23.8 Å². The van der Waals surface area contributed by atoms with Crippen LogP contribution >= 0.6 is 0 Å². The van der Waals surface area contributed by atoms with Crippen LogP contribution in [-0.2, 0) is 6.42 Å². The highest BCUT2D eigenvalue weighted by Gasteiger charge is 2.26. The van der Waals surface area contributed by atoms with E-state index in [9.17, 15) is 20.2 Å². The molecule has 1 aromatic heterocycles. The molecular formula is C15H16N3O4+. The summed E-state index contributed by atoms with van der Waals surface area (Å²) in [5.41, 5.74) is 0.802. The molecule has 0 amide bonds. The van der Waals surface area contributed by atoms with E-state index in [2.05, 4.69) is 6.92 Å². The molecular weight excluding hydrogens is 286 g/mol. The highest BCUT2D eigenvalue weighted by molar-refractivity contribution is 5.53. The van der Waals surface area contributed by atoms with Gasteiger partial charge in [-0.15, -0.1) is 0 Å². The van der Waals surface area contributed by atoms with Gasteiger partial charge in [0.05, 0.1) is 9.85 Å². The van der Waals surface area contributed by atoms with Gasteiger partial charge in [-0.2, -0.15) is 4.57 Å². The Morgan fingerprint density at radius 3 is 2.55 bits per heavy atom. The van der Waals surface area contributed by atoms with Crippen LogP contribution in [0.4, 0.5) is 11.4 Å². The van der Waals surface area contributed by atoms with Crippen molar-refractivity contribution in [1.29, 1.82) is 0 Å². The Labute approximate surface area is 127 Å². The first-order valence-electron chi connectivity index (χ1n) is 6.96. The van der Waals surface area contributed by atoms with Crippen molar-refractivity contribution >= 4 is 11.4 Å². The topological polar surface area (TPSA) is 90.2 Å². The van der Waals surface area contributed by atoms with Gasteiger partial charge in [-0.1, -0.05) is 13.3 Å². The molecule has 7 nitrogen and oxygen atoms in total. The minimum atomic E-state index is -0.640. The molecule has 1 heterocycles. The minimum Gasteiger partial charge on any atom is -0.258 e. The lowest BCUT2D eigenvalue weighted by molar-refractivity contribution is -0.601. The van der Waals surface area contributed by atoms with Gasteiger partial charge < -0.3 is 0 Å². The third-order valence-electron chi connectivity index (χ3n) is 3.33. The van der Waals surface area contributed by atoms with Gasteiger partial charge in [0.1, 0.15) is 6.07 Å². The molecule has 0 aliphatic carbocycles. The number of rotatable bonds is 6. The summed E-state index contributed by atoms with van der Waals surface area (Å²) in [5.74, 6) is 0. The number of hydrogen-bond acceptors (Lipinski definition) is 4. The number of pyridine rings is 1. The first-order chi connectivity index (χ1) is 10.5. The molecule has 0 unspecified atom stereocenters. The summed E-state index contributed by atoms with van der Waals surface area (Å²) in [4.78, 5) is 20.7. The van der Waals surface area contributed by atoms with E-state index >= 15 is 0 Å². The zero-order valence-corrected chi connectivity index (χ0v) is 12.1. The summed E-state index contributed by atoms with van der Waals surface area (Å²) < 4.78 is 1.63. The molecule has 0 aliphatic heterocycles. The van der Waals surface area contributed by atoms with E-state index in [1.807, 2.05) is 18.3 Å². The summed E-state index contributed by atoms with van der Waals surface area (Å²) in [6.45, 7) is 2.10. The zero-order chi connectivity index (χ0) is 16.1. The molecule has 22 heavy (non-hydrogen) atoms. The molecule has 2 rings (SSSR count). The molecule has 0 N–H and O–H groups in total. The second-order valence-corrected chi connectivity index (χ2v) is 4.91. The molecule has 0 saturated heterocycles. The molecule has 1 aromatic carbocycles. The van der Waals surface area contributed by atoms with Crippen molar-refractivity contribution < 1.29 is 14.4 Å². The largest absolute Gasteiger partial charge is 0.347 e. The molecule has 0 atom stereocenters. The molecule has 0 saturated carbocycles. The van der Waals surface area contributed by atoms with Crippen LogP contribution in [0.15, 0.2) is 42.7 Å². The minimum absolute atomic E-state index is 0.285. The van der Waals surface area contributed by atoms with Crippen molar-refractivity contribution in [3.63, 3.8) is 0 Å². The maximum absolute atomic E-state index is 11.2. The number of aryl methyl sites for hydroxylation is 1. The summed E-state index contributed by atoms with van der Waals surface area (Å²) in [6, 6.07) is 7.44. The van der Waals surface area contributed by atoms with Crippen LogP contribution in [0.1, 0.15) is 25.3 Å². The predicted octanol–water partition coefficient (Wildman–Crippen LogP) is 3.12. The van der Waals surface area contributed by atoms with E-state index < -0.39 is 9.85 Å². The lowest BCUT2D eigenvalue weighted by Gasteiger charge is -2.01. The number of non-ortho nitro benzene ring substituents is 1. The Morgan fingerprint density at radius 1 is 1.14 bits per heavy atom. The van der Waals surface area contributed by atoms with Crippen LogP contribution in [0.3, 0.4) is 0 Å². The quantitative estimate of drug-likeness (QED) is 0.465. The average Bonchev–Trinajstić information content (AvgIpc) is 2.52. The fourth-order valence-electron chi connectivity index (χ4n) is 2.19. The molecule has 7 heteroatoms. The molecule has 2 aromatic rings. The molecule has 114 valence electrons. The van der Waals surface area contributed by atoms with Crippen molar-refractivity contribution in [2.75, 3.05) is 0 Å². The van der Waals surface area contributed by atoms with E-state index in [0.717, 1.165) is 30.9 Å². The lowest BCUT2D eigenvalue weighted by Crippen LogP contribution is -2.31. The number of nitro benzene ring substituents is 2. The standard InChI is InChI=1S/C15H16N3O4/c1-2-3-5-12-6-4-9-16(11-12)14-8-7-13(17(19)20)10-15(14)18(21)22/h4,6-11H,2-3,5H2,1H3/q+1. The maximum Gasteiger partial charge on any atom is 0.347 e. The summed E-state index contributed by atoms with van der Waals surface area (Å²) >= 11 is 0. The number of benzene rings is 1. The van der Waals surface area contributed by atoms with Gasteiger partial charge >= 0.3 is 5.69 Å². The molecule has 0 aliphatic rings. The molecule has 0 radical (unpaired) electrons. The third-order valence-corrected chi connectivity index (χ3v) is 3.33. The van der Waals surface area contributed by atoms with E-state index in [1.165, 1.54) is 12.1 Å². The Bertz CT molecular complexity index is 716. The van der Waals surface area contributed by atoms with Crippen LogP contribution in [0.25, 0.3) is 5.69 Å². The van der Waals surface area contributed by atoms with Crippen LogP contribution < -0.4 is 4.57 Å². The summed E-state index contributed by atoms with van der Waals surface area (Å²) in [6.07, 6.45) is 6.50. The first kappa shape index (κ1) is 15.6. The second kappa shape index (κ2) is 6.75. The first-order valence-corrected chi connectivity index (χ1v) is 6.96. The van der Waals surface area contributed by atoms with Crippen molar-refractivity contribution in [3.8, 4) is 5.69 Å². The van der Waals surface area contributed by atoms with Gasteiger partial charge in [0.25, 0.3) is 11.4 Å². The fourth-order valence-corrected chi connectivity index (χ4v) is 2.19. The van der Waals surface area contributed by atoms with Gasteiger partial charge in [-0.3, -0.25) is 20.2 Å². The number of hydrogen-bond donors (Lipinski definition) is 0. The van der Waals surface area contributed by atoms with Crippen molar-refractivity contribution in [3.05, 3.63) is 68.5 Å². The van der Waals surface area contributed by atoms with E-state index in [-0.39, 0.29) is 11.4 Å². The van der Waals surface area contributed by atoms with Crippen LogP contribution in [0, 0.1) is 20.2 Å². The zero-order valence-electron chi connectivity index (χ0n) is 12.1. The number of nitro groups is 2. The second-order valence-electron chi connectivity index (χ2n) is 4.91. The number of unbranched alkanes of at least 4 members (excludes halogenated alkanes) is 1. The number of nitrogens with zero attached hydrogens (tertiary/aromatic N) is 3. The Kier molecular flexibility index (Phi) is 4.77. The third kappa shape index (κ3) is 3.43. The number of aromatic nitrogens is 1. The van der Waals surface area contributed by atoms with Crippen LogP contribution in [-0.4, -0.2) is 9.85 Å². The van der Waals surface area contributed by atoms with Crippen molar-refractivity contribution in [2.24, 2.45) is 0 Å². The Hall–Kier alpha value is -2.83. The molecule has 0 spiro atoms. The molecule has 0 fully saturated rings. The smallest absolute Gasteiger partial charge is 0.258 e. The lowest BCUT2D eigenvalue weighted by atomic mass is 10.1.